The predicted molar refractivity (Wildman–Crippen MR) is 102 cm³/mol. The van der Waals surface area contributed by atoms with Crippen molar-refractivity contribution in [3.63, 3.8) is 0 Å². The smallest absolute Gasteiger partial charge is 0.326 e. The molecule has 1 aliphatic carbocycles. The molecule has 28 heavy (non-hydrogen) atoms. The highest BCUT2D eigenvalue weighted by atomic mass is 32.2. The molecule has 9 heteroatoms. The van der Waals surface area contributed by atoms with Crippen LogP contribution in [0.3, 0.4) is 0 Å². The topological polar surface area (TPSA) is 75.3 Å². The first-order valence-electron chi connectivity index (χ1n) is 9.46. The van der Waals surface area contributed by atoms with Gasteiger partial charge >= 0.3 is 6.18 Å². The molecule has 0 bridgehead atoms. The number of sulfonamides is 1. The van der Waals surface area contributed by atoms with E-state index >= 15 is 0 Å². The van der Waals surface area contributed by atoms with Crippen molar-refractivity contribution in [2.75, 3.05) is 5.32 Å². The number of carbonyl (C=O) groups excluding carboxylic acids is 1. The Labute approximate surface area is 164 Å². The first-order valence-corrected chi connectivity index (χ1v) is 11.0. The minimum atomic E-state index is -4.42. The van der Waals surface area contributed by atoms with Crippen molar-refractivity contribution in [3.8, 4) is 0 Å². The lowest BCUT2D eigenvalue weighted by molar-refractivity contribution is -0.138. The molecule has 158 valence electrons. The van der Waals surface area contributed by atoms with Crippen LogP contribution in [0.25, 0.3) is 0 Å². The molecule has 0 unspecified atom stereocenters. The van der Waals surface area contributed by atoms with Crippen LogP contribution in [0.5, 0.6) is 0 Å². The van der Waals surface area contributed by atoms with Gasteiger partial charge in [0.15, 0.2) is 0 Å². The van der Waals surface area contributed by atoms with Gasteiger partial charge in [-0.05, 0) is 69.7 Å². The molecule has 1 aromatic rings. The molecule has 1 aliphatic rings. The number of hydrogen-bond acceptors (Lipinski definition) is 3. The summed E-state index contributed by atoms with van der Waals surface area (Å²) in [6, 6.07) is 3.44. The van der Waals surface area contributed by atoms with Crippen molar-refractivity contribution < 1.29 is 26.4 Å². The Balaban J connectivity index is 1.96. The van der Waals surface area contributed by atoms with E-state index in [2.05, 4.69) is 10.0 Å². The summed E-state index contributed by atoms with van der Waals surface area (Å²) in [5.74, 6) is -0.529. The highest BCUT2D eigenvalue weighted by Gasteiger charge is 2.33. The van der Waals surface area contributed by atoms with E-state index in [1.807, 2.05) is 0 Å². The van der Waals surface area contributed by atoms with Crippen LogP contribution in [-0.2, 0) is 27.4 Å². The highest BCUT2D eigenvalue weighted by molar-refractivity contribution is 7.90. The monoisotopic (exact) mass is 420 g/mol. The Bertz CT molecular complexity index is 799. The number of anilines is 1. The molecule has 0 aliphatic heterocycles. The van der Waals surface area contributed by atoms with E-state index in [1.165, 1.54) is 12.1 Å². The summed E-state index contributed by atoms with van der Waals surface area (Å²) < 4.78 is 65.5. The quantitative estimate of drug-likeness (QED) is 0.728. The third-order valence-corrected chi connectivity index (χ3v) is 7.01. The Hall–Kier alpha value is -1.61. The van der Waals surface area contributed by atoms with Gasteiger partial charge in [0.2, 0.25) is 15.9 Å². The standard InChI is InChI=1S/C19H27F3N2O3S/c1-4-13-11-16(9-10-17(13)19(20,21)22)23-18(25)14-5-7-15(8-6-14)24-28(26,27)12(2)3/h9-12,14-15,24H,4-8H2,1-3H3,(H,23,25). The molecule has 1 amide bonds. The molecule has 0 aromatic heterocycles. The Kier molecular flexibility index (Phi) is 7.14. The average Bonchev–Trinajstić information content (AvgIpc) is 2.60. The molecule has 2 rings (SSSR count). The van der Waals surface area contributed by atoms with Crippen LogP contribution in [0.2, 0.25) is 0 Å². The van der Waals surface area contributed by atoms with E-state index in [0.717, 1.165) is 6.07 Å². The number of nitrogens with one attached hydrogen (secondary N) is 2. The fraction of sp³-hybridized carbons (Fsp3) is 0.632. The second-order valence-electron chi connectivity index (χ2n) is 7.47. The molecular formula is C19H27F3N2O3S. The fourth-order valence-electron chi connectivity index (χ4n) is 3.33. The van der Waals surface area contributed by atoms with Gasteiger partial charge < -0.3 is 5.32 Å². The molecule has 0 radical (unpaired) electrons. The van der Waals surface area contributed by atoms with Gasteiger partial charge in [0.05, 0.1) is 10.8 Å². The van der Waals surface area contributed by atoms with Crippen LogP contribution >= 0.6 is 0 Å². The van der Waals surface area contributed by atoms with E-state index in [4.69, 9.17) is 0 Å². The van der Waals surface area contributed by atoms with E-state index in [1.54, 1.807) is 20.8 Å². The molecule has 1 aromatic carbocycles. The Morgan fingerprint density at radius 1 is 1.18 bits per heavy atom. The zero-order chi connectivity index (χ0) is 21.1. The molecule has 0 atom stereocenters. The van der Waals surface area contributed by atoms with Crippen molar-refractivity contribution >= 4 is 21.6 Å². The molecule has 1 fully saturated rings. The van der Waals surface area contributed by atoms with Crippen molar-refractivity contribution in [1.82, 2.24) is 4.72 Å². The summed E-state index contributed by atoms with van der Waals surface area (Å²) in [5.41, 5.74) is -0.208. The molecule has 2 N–H and O–H groups in total. The lowest BCUT2D eigenvalue weighted by Crippen LogP contribution is -2.42. The van der Waals surface area contributed by atoms with Crippen LogP contribution in [0.15, 0.2) is 18.2 Å². The maximum absolute atomic E-state index is 13.0. The van der Waals surface area contributed by atoms with Crippen LogP contribution in [-0.4, -0.2) is 25.6 Å². The van der Waals surface area contributed by atoms with E-state index in [0.29, 0.717) is 31.4 Å². The summed E-state index contributed by atoms with van der Waals surface area (Å²) in [6.07, 6.45) is -2.06. The largest absolute Gasteiger partial charge is 0.416 e. The summed E-state index contributed by atoms with van der Waals surface area (Å²) in [6.45, 7) is 4.85. The summed E-state index contributed by atoms with van der Waals surface area (Å²) in [7, 11) is -3.35. The molecule has 0 spiro atoms. The number of benzene rings is 1. The van der Waals surface area contributed by atoms with Crippen molar-refractivity contribution in [2.24, 2.45) is 5.92 Å². The predicted octanol–water partition coefficient (Wildman–Crippen LogP) is 4.09. The third kappa shape index (κ3) is 5.70. The molecule has 0 saturated heterocycles. The number of amides is 1. The molecule has 0 heterocycles. The van der Waals surface area contributed by atoms with Crippen LogP contribution < -0.4 is 10.0 Å². The van der Waals surface area contributed by atoms with Gasteiger partial charge in [0.1, 0.15) is 0 Å². The number of alkyl halides is 3. The second kappa shape index (κ2) is 8.82. The van der Waals surface area contributed by atoms with Crippen molar-refractivity contribution in [3.05, 3.63) is 29.3 Å². The maximum atomic E-state index is 13.0. The van der Waals surface area contributed by atoms with E-state index in [9.17, 15) is 26.4 Å². The van der Waals surface area contributed by atoms with Gasteiger partial charge in [-0.1, -0.05) is 6.92 Å². The number of halogens is 3. The van der Waals surface area contributed by atoms with Gasteiger partial charge in [-0.15, -0.1) is 0 Å². The first kappa shape index (κ1) is 22.7. The first-order chi connectivity index (χ1) is 12.9. The van der Waals surface area contributed by atoms with Gasteiger partial charge in [0.25, 0.3) is 0 Å². The maximum Gasteiger partial charge on any atom is 0.416 e. The lowest BCUT2D eigenvalue weighted by Gasteiger charge is -2.29. The summed E-state index contributed by atoms with van der Waals surface area (Å²) >= 11 is 0. The average molecular weight is 420 g/mol. The van der Waals surface area contributed by atoms with Gasteiger partial charge in [-0.25, -0.2) is 13.1 Å². The van der Waals surface area contributed by atoms with Crippen LogP contribution in [0.4, 0.5) is 18.9 Å². The van der Waals surface area contributed by atoms with E-state index < -0.39 is 27.0 Å². The number of hydrogen-bond donors (Lipinski definition) is 2. The Morgan fingerprint density at radius 3 is 2.29 bits per heavy atom. The molecule has 5 nitrogen and oxygen atoms in total. The number of rotatable bonds is 6. The number of carbonyl (C=O) groups is 1. The fourth-order valence-corrected chi connectivity index (χ4v) is 4.30. The SMILES string of the molecule is CCc1cc(NC(=O)C2CCC(NS(=O)(=O)C(C)C)CC2)ccc1C(F)(F)F. The molecule has 1 saturated carbocycles. The zero-order valence-corrected chi connectivity index (χ0v) is 17.1. The van der Waals surface area contributed by atoms with Gasteiger partial charge in [-0.3, -0.25) is 4.79 Å². The van der Waals surface area contributed by atoms with E-state index in [-0.39, 0.29) is 29.9 Å². The van der Waals surface area contributed by atoms with Crippen molar-refractivity contribution in [1.29, 1.82) is 0 Å². The van der Waals surface area contributed by atoms with Crippen LogP contribution in [0, 0.1) is 5.92 Å². The normalized spacial score (nSPS) is 21.0. The van der Waals surface area contributed by atoms with Gasteiger partial charge in [0, 0.05) is 17.6 Å². The number of aryl methyl sites for hydroxylation is 1. The minimum Gasteiger partial charge on any atom is -0.326 e. The third-order valence-electron chi connectivity index (χ3n) is 5.11. The van der Waals surface area contributed by atoms with Crippen LogP contribution in [0.1, 0.15) is 57.6 Å². The minimum absolute atomic E-state index is 0.136. The second-order valence-corrected chi connectivity index (χ2v) is 9.74. The van der Waals surface area contributed by atoms with Crippen molar-refractivity contribution in [2.45, 2.75) is 70.3 Å². The zero-order valence-electron chi connectivity index (χ0n) is 16.3. The highest BCUT2D eigenvalue weighted by Crippen LogP contribution is 2.34. The molecular weight excluding hydrogens is 393 g/mol. The Morgan fingerprint density at radius 2 is 1.79 bits per heavy atom. The van der Waals surface area contributed by atoms with Gasteiger partial charge in [-0.2, -0.15) is 13.2 Å². The lowest BCUT2D eigenvalue weighted by atomic mass is 9.86. The summed E-state index contributed by atoms with van der Waals surface area (Å²) in [4.78, 5) is 12.5. The summed E-state index contributed by atoms with van der Waals surface area (Å²) in [5, 5.41) is 2.19.